The Morgan fingerprint density at radius 2 is 1.21 bits per heavy atom. The summed E-state index contributed by atoms with van der Waals surface area (Å²) >= 11 is 0. The Morgan fingerprint density at radius 3 is 1.82 bits per heavy atom. The summed E-state index contributed by atoms with van der Waals surface area (Å²) in [7, 11) is 0. The maximum absolute atomic E-state index is 13.4. The van der Waals surface area contributed by atoms with E-state index < -0.39 is 0 Å². The molecule has 0 saturated carbocycles. The van der Waals surface area contributed by atoms with Crippen LogP contribution in [0.1, 0.15) is 138 Å². The maximum Gasteiger partial charge on any atom is 0.357 e. The first-order chi connectivity index (χ1) is 18.7. The number of hydroxylamine groups is 2. The quantitative estimate of drug-likeness (QED) is 0.109. The van der Waals surface area contributed by atoms with Gasteiger partial charge in [-0.1, -0.05) is 128 Å². The van der Waals surface area contributed by atoms with Crippen LogP contribution in [0.3, 0.4) is 0 Å². The van der Waals surface area contributed by atoms with Crippen molar-refractivity contribution in [2.45, 2.75) is 123 Å². The first-order valence-corrected chi connectivity index (χ1v) is 15.6. The molecular formula is C34H51NO3. The number of rotatable bonds is 20. The van der Waals surface area contributed by atoms with E-state index in [0.717, 1.165) is 48.6 Å². The molecule has 2 aromatic rings. The molecule has 1 aliphatic heterocycles. The van der Waals surface area contributed by atoms with Gasteiger partial charge in [0.25, 0.3) is 0 Å². The summed E-state index contributed by atoms with van der Waals surface area (Å²) in [4.78, 5) is 19.4. The van der Waals surface area contributed by atoms with Gasteiger partial charge in [0.2, 0.25) is 0 Å². The number of carbonyl (C=O) groups is 1. The molecule has 2 aromatic carbocycles. The number of fused-ring (bicyclic) bond motifs is 2. The van der Waals surface area contributed by atoms with Crippen LogP contribution >= 0.6 is 0 Å². The number of para-hydroxylation sites is 1. The van der Waals surface area contributed by atoms with Crippen LogP contribution in [0, 0.1) is 0 Å². The highest BCUT2D eigenvalue weighted by molar-refractivity contribution is 5.92. The first kappa shape index (κ1) is 30.2. The lowest BCUT2D eigenvalue weighted by Crippen LogP contribution is -2.30. The van der Waals surface area contributed by atoms with Gasteiger partial charge in [0.05, 0.1) is 5.56 Å². The largest absolute Gasteiger partial charge is 0.457 e. The monoisotopic (exact) mass is 521 g/mol. The molecule has 210 valence electrons. The zero-order chi connectivity index (χ0) is 26.8. The van der Waals surface area contributed by atoms with Gasteiger partial charge in [-0.3, -0.25) is 0 Å². The van der Waals surface area contributed by atoms with Crippen LogP contribution in [0.25, 0.3) is 0 Å². The number of hydrogen-bond acceptors (Lipinski definition) is 4. The third-order valence-electron chi connectivity index (χ3n) is 7.65. The molecule has 0 bridgehead atoms. The summed E-state index contributed by atoms with van der Waals surface area (Å²) in [5, 5.41) is 1.94. The fourth-order valence-electron chi connectivity index (χ4n) is 5.31. The van der Waals surface area contributed by atoms with Crippen molar-refractivity contribution in [3.05, 3.63) is 59.2 Å². The van der Waals surface area contributed by atoms with Crippen molar-refractivity contribution in [1.82, 2.24) is 5.06 Å². The normalized spacial score (nSPS) is 12.2. The van der Waals surface area contributed by atoms with Crippen molar-refractivity contribution in [1.29, 1.82) is 0 Å². The molecule has 38 heavy (non-hydrogen) atoms. The zero-order valence-corrected chi connectivity index (χ0v) is 24.1. The highest BCUT2D eigenvalue weighted by atomic mass is 16.7. The fraction of sp³-hybridized carbons (Fsp3) is 0.618. The predicted octanol–water partition coefficient (Wildman–Crippen LogP) is 10.0. The van der Waals surface area contributed by atoms with E-state index >= 15 is 0 Å². The van der Waals surface area contributed by atoms with E-state index in [2.05, 4.69) is 19.9 Å². The molecule has 0 radical (unpaired) electrons. The van der Waals surface area contributed by atoms with Gasteiger partial charge in [-0.2, -0.15) is 0 Å². The molecule has 4 heteroatoms. The Morgan fingerprint density at radius 1 is 0.684 bits per heavy atom. The van der Waals surface area contributed by atoms with Gasteiger partial charge < -0.3 is 9.57 Å². The summed E-state index contributed by atoms with van der Waals surface area (Å²) in [6.45, 7) is 6.15. The van der Waals surface area contributed by atoms with Crippen molar-refractivity contribution >= 4 is 5.97 Å². The molecule has 0 aromatic heterocycles. The standard InChI is InChI=1S/C34H51NO3/c1-3-5-7-9-11-13-15-19-26-35(27-20-16-14-12-10-8-6-4-2)38-34(36)30-23-21-25-33-31(30)28-29-22-17-18-24-32(29)37-33/h17-18,21-25H,3-16,19-20,26-28H2,1-2H3. The lowest BCUT2D eigenvalue weighted by atomic mass is 9.96. The number of benzene rings is 2. The van der Waals surface area contributed by atoms with Crippen LogP contribution in [-0.4, -0.2) is 24.1 Å². The van der Waals surface area contributed by atoms with E-state index in [1.54, 1.807) is 0 Å². The predicted molar refractivity (Wildman–Crippen MR) is 158 cm³/mol. The molecule has 0 aliphatic carbocycles. The first-order valence-electron chi connectivity index (χ1n) is 15.6. The summed E-state index contributed by atoms with van der Waals surface area (Å²) in [5.74, 6) is 1.37. The van der Waals surface area contributed by atoms with Gasteiger partial charge in [0.1, 0.15) is 11.5 Å². The second-order valence-electron chi connectivity index (χ2n) is 10.9. The van der Waals surface area contributed by atoms with Gasteiger partial charge in [0, 0.05) is 25.1 Å². The van der Waals surface area contributed by atoms with E-state index in [1.165, 1.54) is 89.9 Å². The second-order valence-corrected chi connectivity index (χ2v) is 10.9. The molecule has 4 nitrogen and oxygen atoms in total. The van der Waals surface area contributed by atoms with Crippen molar-refractivity contribution in [3.63, 3.8) is 0 Å². The Balaban J connectivity index is 1.51. The molecule has 0 spiro atoms. The van der Waals surface area contributed by atoms with Gasteiger partial charge in [-0.15, -0.1) is 5.06 Å². The van der Waals surface area contributed by atoms with Crippen LogP contribution in [0.4, 0.5) is 0 Å². The SMILES string of the molecule is CCCCCCCCCCN(CCCCCCCCCC)OC(=O)c1cccc2c1Cc1ccccc1O2. The fourth-order valence-corrected chi connectivity index (χ4v) is 5.31. The lowest BCUT2D eigenvalue weighted by Gasteiger charge is -2.24. The third kappa shape index (κ3) is 10.4. The topological polar surface area (TPSA) is 38.8 Å². The average Bonchev–Trinajstić information content (AvgIpc) is 2.94. The Hall–Kier alpha value is -2.33. The minimum absolute atomic E-state index is 0.260. The van der Waals surface area contributed by atoms with E-state index in [9.17, 15) is 4.79 Å². The minimum Gasteiger partial charge on any atom is -0.457 e. The molecule has 3 rings (SSSR count). The van der Waals surface area contributed by atoms with Crippen LogP contribution in [-0.2, 0) is 11.3 Å². The van der Waals surface area contributed by atoms with Crippen LogP contribution < -0.4 is 4.74 Å². The summed E-state index contributed by atoms with van der Waals surface area (Å²) in [6, 6.07) is 13.8. The van der Waals surface area contributed by atoms with Gasteiger partial charge in [0.15, 0.2) is 0 Å². The van der Waals surface area contributed by atoms with Crippen LogP contribution in [0.2, 0.25) is 0 Å². The van der Waals surface area contributed by atoms with Crippen molar-refractivity contribution < 1.29 is 14.4 Å². The van der Waals surface area contributed by atoms with E-state index in [-0.39, 0.29) is 5.97 Å². The number of nitrogens with zero attached hydrogens (tertiary/aromatic N) is 1. The van der Waals surface area contributed by atoms with Gasteiger partial charge in [-0.25, -0.2) is 4.79 Å². The molecule has 1 heterocycles. The Bertz CT molecular complexity index is 921. The van der Waals surface area contributed by atoms with E-state index in [4.69, 9.17) is 9.57 Å². The molecule has 0 fully saturated rings. The van der Waals surface area contributed by atoms with Gasteiger partial charge >= 0.3 is 5.97 Å². The Kier molecular flexibility index (Phi) is 14.3. The third-order valence-corrected chi connectivity index (χ3v) is 7.65. The molecule has 0 amide bonds. The minimum atomic E-state index is -0.260. The smallest absolute Gasteiger partial charge is 0.357 e. The number of hydrogen-bond donors (Lipinski definition) is 0. The maximum atomic E-state index is 13.4. The number of unbranched alkanes of at least 4 members (excludes halogenated alkanes) is 14. The van der Waals surface area contributed by atoms with Crippen LogP contribution in [0.15, 0.2) is 42.5 Å². The number of carbonyl (C=O) groups excluding carboxylic acids is 1. The highest BCUT2D eigenvalue weighted by Gasteiger charge is 2.24. The van der Waals surface area contributed by atoms with Crippen molar-refractivity contribution in [2.24, 2.45) is 0 Å². The molecule has 0 atom stereocenters. The average molecular weight is 522 g/mol. The summed E-state index contributed by atoms with van der Waals surface area (Å²) < 4.78 is 6.11. The molecule has 1 aliphatic rings. The Labute approximate surface area is 232 Å². The van der Waals surface area contributed by atoms with E-state index in [0.29, 0.717) is 12.0 Å². The summed E-state index contributed by atoms with van der Waals surface area (Å²) in [6.07, 6.45) is 21.1. The number of ether oxygens (including phenoxy) is 1. The van der Waals surface area contributed by atoms with E-state index in [1.807, 2.05) is 41.5 Å². The van der Waals surface area contributed by atoms with Crippen molar-refractivity contribution in [3.8, 4) is 11.5 Å². The van der Waals surface area contributed by atoms with Gasteiger partial charge in [-0.05, 0) is 36.6 Å². The molecule has 0 N–H and O–H groups in total. The van der Waals surface area contributed by atoms with Crippen molar-refractivity contribution in [2.75, 3.05) is 13.1 Å². The zero-order valence-electron chi connectivity index (χ0n) is 24.1. The molecule has 0 unspecified atom stereocenters. The second kappa shape index (κ2) is 18.0. The van der Waals surface area contributed by atoms with Crippen LogP contribution in [0.5, 0.6) is 11.5 Å². The lowest BCUT2D eigenvalue weighted by molar-refractivity contribution is -0.111. The molecule has 0 saturated heterocycles. The molecular weight excluding hydrogens is 470 g/mol. The highest BCUT2D eigenvalue weighted by Crippen LogP contribution is 2.38. The summed E-state index contributed by atoms with van der Waals surface area (Å²) in [5.41, 5.74) is 2.65.